The standard InChI is InChI=1S/C26H46N4O.C11H18N2O.C2H6/c1-10-14-24(20(6)12-3)29-25-15-22(19(5)11-2)23(16-28-25)26(27-7)30(8)17-21(13-4)18-31-9;1-5-6-7-14-11-10(9(2)3)8-12-13(11)4;1-2/h14-16,19-21H,10-13,17-18H2,1-9H3,(H,28,29);8H,2,5-7H2,1,3-4H3;1-2H3/b24-14+,27-26?;;. The molecule has 2 aromatic heterocycles. The summed E-state index contributed by atoms with van der Waals surface area (Å²) in [5.74, 6) is 4.13. The fourth-order valence-corrected chi connectivity index (χ4v) is 5.03. The van der Waals surface area contributed by atoms with Crippen molar-refractivity contribution >= 4 is 17.2 Å². The van der Waals surface area contributed by atoms with Crippen LogP contribution in [0.2, 0.25) is 0 Å². The molecule has 0 aromatic carbocycles. The SMILES string of the molecule is C=C(C)c1cnn(C)c1OCCCC.CC.CC/C=C(/Nc1cc(C(C)CC)c(C(=NC)N(C)CC(CC)COC)cn1)C(C)CC. The quantitative estimate of drug-likeness (QED) is 0.0979. The lowest BCUT2D eigenvalue weighted by molar-refractivity contribution is 0.139. The Bertz CT molecular complexity index is 1200. The van der Waals surface area contributed by atoms with Gasteiger partial charge in [-0.3, -0.25) is 4.99 Å². The van der Waals surface area contributed by atoms with Gasteiger partial charge in [0.15, 0.2) is 0 Å². The predicted molar refractivity (Wildman–Crippen MR) is 205 cm³/mol. The van der Waals surface area contributed by atoms with Gasteiger partial charge in [-0.05, 0) is 74.0 Å². The Labute approximate surface area is 289 Å². The lowest BCUT2D eigenvalue weighted by Crippen LogP contribution is -2.34. The van der Waals surface area contributed by atoms with E-state index in [2.05, 4.69) is 94.5 Å². The van der Waals surface area contributed by atoms with E-state index in [-0.39, 0.29) is 0 Å². The first-order valence-corrected chi connectivity index (χ1v) is 18.0. The van der Waals surface area contributed by atoms with Crippen molar-refractivity contribution in [2.24, 2.45) is 23.9 Å². The molecule has 0 aliphatic heterocycles. The van der Waals surface area contributed by atoms with Crippen LogP contribution in [0.25, 0.3) is 5.57 Å². The first-order valence-electron chi connectivity index (χ1n) is 18.0. The Hall–Kier alpha value is -3.13. The smallest absolute Gasteiger partial charge is 0.219 e. The zero-order valence-corrected chi connectivity index (χ0v) is 32.7. The molecule has 0 spiro atoms. The third kappa shape index (κ3) is 14.7. The normalized spacial score (nSPS) is 13.4. The molecule has 2 rings (SSSR count). The molecule has 0 aliphatic carbocycles. The summed E-state index contributed by atoms with van der Waals surface area (Å²) >= 11 is 0. The van der Waals surface area contributed by atoms with Crippen molar-refractivity contribution in [1.29, 1.82) is 0 Å². The van der Waals surface area contributed by atoms with Gasteiger partial charge in [-0.1, -0.05) is 81.4 Å². The first kappa shape index (κ1) is 43.9. The number of aliphatic imine (C=N–C) groups is 1. The molecule has 0 amide bonds. The van der Waals surface area contributed by atoms with Crippen molar-refractivity contribution in [3.63, 3.8) is 0 Å². The van der Waals surface area contributed by atoms with Crippen LogP contribution < -0.4 is 10.1 Å². The van der Waals surface area contributed by atoms with Crippen molar-refractivity contribution in [2.75, 3.05) is 46.3 Å². The van der Waals surface area contributed by atoms with Gasteiger partial charge in [0, 0.05) is 52.3 Å². The van der Waals surface area contributed by atoms with Crippen molar-refractivity contribution < 1.29 is 9.47 Å². The average Bonchev–Trinajstić information content (AvgIpc) is 3.45. The fraction of sp³-hybridized carbons (Fsp3) is 0.667. The van der Waals surface area contributed by atoms with Crippen LogP contribution in [0.1, 0.15) is 130 Å². The molecule has 8 heteroatoms. The van der Waals surface area contributed by atoms with Crippen LogP contribution in [0, 0.1) is 11.8 Å². The van der Waals surface area contributed by atoms with Crippen LogP contribution >= 0.6 is 0 Å². The van der Waals surface area contributed by atoms with Crippen LogP contribution in [0.15, 0.2) is 41.8 Å². The Balaban J connectivity index is 0.00000110. The number of aromatic nitrogens is 3. The summed E-state index contributed by atoms with van der Waals surface area (Å²) in [5, 5.41) is 7.75. The monoisotopic (exact) mass is 655 g/mol. The molecule has 3 atom stereocenters. The summed E-state index contributed by atoms with van der Waals surface area (Å²) in [6, 6.07) is 2.22. The number of ether oxygens (including phenoxy) is 2. The second kappa shape index (κ2) is 25.0. The van der Waals surface area contributed by atoms with E-state index in [9.17, 15) is 0 Å². The Morgan fingerprint density at radius 3 is 2.28 bits per heavy atom. The van der Waals surface area contributed by atoms with E-state index in [4.69, 9.17) is 14.5 Å². The number of hydrogen-bond acceptors (Lipinski definition) is 6. The van der Waals surface area contributed by atoms with Crippen LogP contribution in [-0.2, 0) is 11.8 Å². The summed E-state index contributed by atoms with van der Waals surface area (Å²) in [6.45, 7) is 27.8. The predicted octanol–water partition coefficient (Wildman–Crippen LogP) is 9.99. The number of methoxy groups -OCH3 is 1. The number of amidine groups is 1. The van der Waals surface area contributed by atoms with E-state index < -0.39 is 0 Å². The van der Waals surface area contributed by atoms with Crippen LogP contribution in [0.5, 0.6) is 5.88 Å². The molecule has 2 heterocycles. The summed E-state index contributed by atoms with van der Waals surface area (Å²) in [7, 11) is 7.65. The minimum atomic E-state index is 0.423. The highest BCUT2D eigenvalue weighted by Gasteiger charge is 2.21. The number of aryl methyl sites for hydroxylation is 1. The van der Waals surface area contributed by atoms with E-state index in [1.807, 2.05) is 41.1 Å². The fourth-order valence-electron chi connectivity index (χ4n) is 5.03. The molecule has 47 heavy (non-hydrogen) atoms. The van der Waals surface area contributed by atoms with E-state index in [1.165, 1.54) is 11.3 Å². The highest BCUT2D eigenvalue weighted by atomic mass is 16.5. The number of unbranched alkanes of at least 4 members (excludes halogenated alkanes) is 1. The maximum Gasteiger partial charge on any atom is 0.219 e. The van der Waals surface area contributed by atoms with Crippen molar-refractivity contribution in [1.82, 2.24) is 19.7 Å². The molecule has 3 unspecified atom stereocenters. The molecule has 0 radical (unpaired) electrons. The van der Waals surface area contributed by atoms with Crippen LogP contribution in [-0.4, -0.2) is 66.5 Å². The van der Waals surface area contributed by atoms with Gasteiger partial charge in [0.1, 0.15) is 11.7 Å². The minimum absolute atomic E-state index is 0.423. The summed E-state index contributed by atoms with van der Waals surface area (Å²) in [6.07, 6.45) is 12.6. The van der Waals surface area contributed by atoms with Gasteiger partial charge in [0.2, 0.25) is 5.88 Å². The molecule has 1 N–H and O–H groups in total. The van der Waals surface area contributed by atoms with Crippen molar-refractivity contribution in [2.45, 2.75) is 114 Å². The molecule has 8 nitrogen and oxygen atoms in total. The van der Waals surface area contributed by atoms with Crippen molar-refractivity contribution in [3.8, 4) is 5.88 Å². The Morgan fingerprint density at radius 2 is 1.77 bits per heavy atom. The van der Waals surface area contributed by atoms with Gasteiger partial charge in [-0.25, -0.2) is 9.67 Å². The molecular weight excluding hydrogens is 584 g/mol. The third-order valence-electron chi connectivity index (χ3n) is 8.33. The molecule has 0 fully saturated rings. The molecule has 0 saturated heterocycles. The van der Waals surface area contributed by atoms with Gasteiger partial charge >= 0.3 is 0 Å². The number of anilines is 1. The molecule has 2 aromatic rings. The topological polar surface area (TPSA) is 76.8 Å². The van der Waals surface area contributed by atoms with Gasteiger partial charge in [-0.15, -0.1) is 0 Å². The average molecular weight is 655 g/mol. The number of nitrogens with zero attached hydrogens (tertiary/aromatic N) is 5. The summed E-state index contributed by atoms with van der Waals surface area (Å²) in [5.41, 5.74) is 5.68. The molecule has 0 aliphatic rings. The number of hydrogen-bond donors (Lipinski definition) is 1. The highest BCUT2D eigenvalue weighted by molar-refractivity contribution is 6.00. The summed E-state index contributed by atoms with van der Waals surface area (Å²) in [4.78, 5) is 11.7. The Morgan fingerprint density at radius 1 is 1.09 bits per heavy atom. The third-order valence-corrected chi connectivity index (χ3v) is 8.33. The van der Waals surface area contributed by atoms with Gasteiger partial charge in [-0.2, -0.15) is 5.10 Å². The lowest BCUT2D eigenvalue weighted by Gasteiger charge is -2.28. The first-order chi connectivity index (χ1) is 22.5. The number of pyridine rings is 1. The Kier molecular flexibility index (Phi) is 23.3. The zero-order valence-electron chi connectivity index (χ0n) is 32.7. The maximum atomic E-state index is 5.65. The maximum absolute atomic E-state index is 5.65. The molecular formula is C39H70N6O2. The zero-order chi connectivity index (χ0) is 35.9. The van der Waals surface area contributed by atoms with Crippen LogP contribution in [0.3, 0.4) is 0 Å². The van der Waals surface area contributed by atoms with Gasteiger partial charge in [0.25, 0.3) is 0 Å². The second-order valence-electron chi connectivity index (χ2n) is 12.1. The second-order valence-corrected chi connectivity index (χ2v) is 12.1. The van der Waals surface area contributed by atoms with Crippen molar-refractivity contribution in [3.05, 3.63) is 53.5 Å². The van der Waals surface area contributed by atoms with E-state index in [0.717, 1.165) is 92.5 Å². The lowest BCUT2D eigenvalue weighted by atomic mass is 9.93. The van der Waals surface area contributed by atoms with E-state index in [1.54, 1.807) is 18.0 Å². The van der Waals surface area contributed by atoms with Crippen LogP contribution in [0.4, 0.5) is 5.82 Å². The number of nitrogens with one attached hydrogen (secondary N) is 1. The van der Waals surface area contributed by atoms with E-state index >= 15 is 0 Å². The van der Waals surface area contributed by atoms with Gasteiger partial charge < -0.3 is 19.7 Å². The minimum Gasteiger partial charge on any atom is -0.477 e. The number of rotatable bonds is 18. The largest absolute Gasteiger partial charge is 0.477 e. The van der Waals surface area contributed by atoms with Gasteiger partial charge in [0.05, 0.1) is 25.0 Å². The summed E-state index contributed by atoms with van der Waals surface area (Å²) < 4.78 is 12.8. The molecule has 0 saturated carbocycles. The molecule has 268 valence electrons. The highest BCUT2D eigenvalue weighted by Crippen LogP contribution is 2.28. The molecule has 0 bridgehead atoms. The van der Waals surface area contributed by atoms with E-state index in [0.29, 0.717) is 17.8 Å². The number of allylic oxidation sites excluding steroid dienone is 3.